The molecular weight excluding hydrogens is 174 g/mol. The van der Waals surface area contributed by atoms with Crippen LogP contribution in [0.3, 0.4) is 0 Å². The average Bonchev–Trinajstić information content (AvgIpc) is 2.59. The van der Waals surface area contributed by atoms with Gasteiger partial charge in [-0.1, -0.05) is 0 Å². The van der Waals surface area contributed by atoms with Gasteiger partial charge < -0.3 is 10.8 Å². The van der Waals surface area contributed by atoms with E-state index in [4.69, 9.17) is 10.8 Å². The fourth-order valence-electron chi connectivity index (χ4n) is 1.21. The molecule has 0 aliphatic heterocycles. The second kappa shape index (κ2) is 2.57. The van der Waals surface area contributed by atoms with E-state index < -0.39 is 5.97 Å². The Labute approximate surface area is 73.8 Å². The topological polar surface area (TPSA) is 63.3 Å². The van der Waals surface area contributed by atoms with Crippen molar-refractivity contribution in [1.82, 2.24) is 0 Å². The molecule has 1 aromatic rings. The van der Waals surface area contributed by atoms with Crippen LogP contribution in [0.5, 0.6) is 0 Å². The molecule has 2 rings (SSSR count). The van der Waals surface area contributed by atoms with Crippen LogP contribution in [0.1, 0.15) is 26.9 Å². The summed E-state index contributed by atoms with van der Waals surface area (Å²) in [5, 5.41) is 8.65. The molecule has 0 aromatic carbocycles. The fraction of sp³-hybridized carbons (Fsp3) is 0.375. The zero-order valence-electron chi connectivity index (χ0n) is 6.36. The largest absolute Gasteiger partial charge is 0.477 e. The van der Waals surface area contributed by atoms with Crippen molar-refractivity contribution in [3.05, 3.63) is 21.9 Å². The van der Waals surface area contributed by atoms with Gasteiger partial charge in [-0.15, -0.1) is 11.3 Å². The van der Waals surface area contributed by atoms with Crippen LogP contribution in [0.2, 0.25) is 0 Å². The summed E-state index contributed by atoms with van der Waals surface area (Å²) in [5.41, 5.74) is 5.64. The molecule has 0 saturated heterocycles. The molecule has 0 unspecified atom stereocenters. The molecule has 3 N–H and O–H groups in total. The highest BCUT2D eigenvalue weighted by molar-refractivity contribution is 7.14. The van der Waals surface area contributed by atoms with Gasteiger partial charge in [-0.2, -0.15) is 0 Å². The van der Waals surface area contributed by atoms with Crippen LogP contribution in [0, 0.1) is 0 Å². The molecule has 1 fully saturated rings. The minimum atomic E-state index is -0.847. The summed E-state index contributed by atoms with van der Waals surface area (Å²) in [4.78, 5) is 12.0. The zero-order valence-corrected chi connectivity index (χ0v) is 7.17. The monoisotopic (exact) mass is 183 g/mol. The van der Waals surface area contributed by atoms with E-state index in [0.29, 0.717) is 10.8 Å². The third-order valence-electron chi connectivity index (χ3n) is 2.04. The maximum absolute atomic E-state index is 10.5. The minimum Gasteiger partial charge on any atom is -0.477 e. The van der Waals surface area contributed by atoms with Gasteiger partial charge >= 0.3 is 5.97 Å². The van der Waals surface area contributed by atoms with E-state index in [2.05, 4.69) is 0 Å². The fourth-order valence-corrected chi connectivity index (χ4v) is 2.24. The molecule has 2 atom stereocenters. The Balaban J connectivity index is 2.19. The first-order chi connectivity index (χ1) is 5.68. The molecule has 1 aromatic heterocycles. The number of carbonyl (C=O) groups is 1. The van der Waals surface area contributed by atoms with Crippen molar-refractivity contribution in [1.29, 1.82) is 0 Å². The van der Waals surface area contributed by atoms with E-state index in [-0.39, 0.29) is 6.04 Å². The zero-order chi connectivity index (χ0) is 8.72. The number of aromatic carboxylic acids is 1. The highest BCUT2D eigenvalue weighted by atomic mass is 32.1. The second-order valence-electron chi connectivity index (χ2n) is 3.01. The smallest absolute Gasteiger partial charge is 0.345 e. The van der Waals surface area contributed by atoms with Gasteiger partial charge in [0.05, 0.1) is 0 Å². The first kappa shape index (κ1) is 7.76. The number of thiophene rings is 1. The lowest BCUT2D eigenvalue weighted by molar-refractivity contribution is 0.0702. The lowest BCUT2D eigenvalue weighted by atomic mass is 10.3. The number of hydrogen-bond acceptors (Lipinski definition) is 3. The van der Waals surface area contributed by atoms with Crippen molar-refractivity contribution in [2.45, 2.75) is 18.4 Å². The summed E-state index contributed by atoms with van der Waals surface area (Å²) in [6, 6.07) is 3.77. The lowest BCUT2D eigenvalue weighted by Gasteiger charge is -1.88. The van der Waals surface area contributed by atoms with Crippen LogP contribution >= 0.6 is 11.3 Å². The molecule has 1 saturated carbocycles. The van der Waals surface area contributed by atoms with Crippen molar-refractivity contribution in [3.8, 4) is 0 Å². The molecule has 0 bridgehead atoms. The SMILES string of the molecule is N[C@H]1C[C@@H]1c1ccc(C(=O)O)s1. The molecule has 0 amide bonds. The molecule has 1 aliphatic carbocycles. The Bertz CT molecular complexity index is 321. The normalized spacial score (nSPS) is 27.1. The summed E-state index contributed by atoms with van der Waals surface area (Å²) in [5.74, 6) is -0.427. The van der Waals surface area contributed by atoms with Crippen LogP contribution in [0.25, 0.3) is 0 Å². The number of rotatable bonds is 2. The Morgan fingerprint density at radius 3 is 2.75 bits per heavy atom. The maximum Gasteiger partial charge on any atom is 0.345 e. The van der Waals surface area contributed by atoms with E-state index in [9.17, 15) is 4.79 Å². The van der Waals surface area contributed by atoms with Gasteiger partial charge in [0.2, 0.25) is 0 Å². The van der Waals surface area contributed by atoms with Crippen LogP contribution in [0.4, 0.5) is 0 Å². The first-order valence-corrected chi connectivity index (χ1v) is 4.58. The van der Waals surface area contributed by atoms with Gasteiger partial charge in [0.25, 0.3) is 0 Å². The van der Waals surface area contributed by atoms with E-state index in [1.165, 1.54) is 11.3 Å². The number of nitrogens with two attached hydrogens (primary N) is 1. The Morgan fingerprint density at radius 1 is 1.67 bits per heavy atom. The number of hydrogen-bond donors (Lipinski definition) is 2. The molecule has 12 heavy (non-hydrogen) atoms. The Morgan fingerprint density at radius 2 is 2.33 bits per heavy atom. The van der Waals surface area contributed by atoms with Gasteiger partial charge in [0.1, 0.15) is 4.88 Å². The first-order valence-electron chi connectivity index (χ1n) is 3.77. The molecule has 1 heterocycles. The highest BCUT2D eigenvalue weighted by Gasteiger charge is 2.36. The van der Waals surface area contributed by atoms with Gasteiger partial charge in [-0.05, 0) is 18.6 Å². The van der Waals surface area contributed by atoms with Crippen molar-refractivity contribution in [3.63, 3.8) is 0 Å². The number of carboxylic acids is 1. The van der Waals surface area contributed by atoms with Crippen molar-refractivity contribution in [2.75, 3.05) is 0 Å². The summed E-state index contributed by atoms with van der Waals surface area (Å²) in [6.07, 6.45) is 1.000. The van der Waals surface area contributed by atoms with Gasteiger partial charge in [-0.3, -0.25) is 0 Å². The third-order valence-corrected chi connectivity index (χ3v) is 3.25. The molecule has 0 radical (unpaired) electrons. The average molecular weight is 183 g/mol. The van der Waals surface area contributed by atoms with Crippen molar-refractivity contribution < 1.29 is 9.90 Å². The van der Waals surface area contributed by atoms with Gasteiger partial charge in [-0.25, -0.2) is 4.79 Å². The lowest BCUT2D eigenvalue weighted by Crippen LogP contribution is -1.99. The van der Waals surface area contributed by atoms with Crippen LogP contribution in [0.15, 0.2) is 12.1 Å². The van der Waals surface area contributed by atoms with Crippen molar-refractivity contribution >= 4 is 17.3 Å². The molecule has 3 nitrogen and oxygen atoms in total. The summed E-state index contributed by atoms with van der Waals surface area (Å²) in [6.45, 7) is 0. The summed E-state index contributed by atoms with van der Waals surface area (Å²) < 4.78 is 0. The Hall–Kier alpha value is -0.870. The van der Waals surface area contributed by atoms with Crippen molar-refractivity contribution in [2.24, 2.45) is 5.73 Å². The molecule has 1 aliphatic rings. The van der Waals surface area contributed by atoms with Gasteiger partial charge in [0, 0.05) is 16.8 Å². The highest BCUT2D eigenvalue weighted by Crippen LogP contribution is 2.42. The predicted octanol–water partition coefficient (Wildman–Crippen LogP) is 1.26. The van der Waals surface area contributed by atoms with E-state index in [1.807, 2.05) is 6.07 Å². The molecule has 4 heteroatoms. The minimum absolute atomic E-state index is 0.255. The standard InChI is InChI=1S/C8H9NO2S/c9-5-3-4(5)6-1-2-7(12-6)8(10)11/h1-2,4-5H,3,9H2,(H,10,11)/t4-,5-/m0/s1. The summed E-state index contributed by atoms with van der Waals surface area (Å²) >= 11 is 1.34. The third kappa shape index (κ3) is 1.23. The number of carboxylic acid groups (broad SMARTS) is 1. The van der Waals surface area contributed by atoms with Gasteiger partial charge in [0.15, 0.2) is 0 Å². The maximum atomic E-state index is 10.5. The predicted molar refractivity (Wildman–Crippen MR) is 46.6 cm³/mol. The second-order valence-corrected chi connectivity index (χ2v) is 4.13. The van der Waals surface area contributed by atoms with E-state index in [1.54, 1.807) is 6.07 Å². The Kier molecular flexibility index (Phi) is 1.66. The van der Waals surface area contributed by atoms with E-state index in [0.717, 1.165) is 11.3 Å². The van der Waals surface area contributed by atoms with E-state index >= 15 is 0 Å². The summed E-state index contributed by atoms with van der Waals surface area (Å²) in [7, 11) is 0. The molecule has 64 valence electrons. The molecular formula is C8H9NO2S. The van der Waals surface area contributed by atoms with Crippen LogP contribution < -0.4 is 5.73 Å². The van der Waals surface area contributed by atoms with Crippen LogP contribution in [-0.2, 0) is 0 Å². The molecule has 0 spiro atoms. The van der Waals surface area contributed by atoms with Crippen LogP contribution in [-0.4, -0.2) is 17.1 Å². The quantitative estimate of drug-likeness (QED) is 0.725.